The predicted octanol–water partition coefficient (Wildman–Crippen LogP) is 3.26. The molecule has 0 aliphatic carbocycles. The highest BCUT2D eigenvalue weighted by Gasteiger charge is 2.22. The highest BCUT2D eigenvalue weighted by molar-refractivity contribution is 6.08. The Morgan fingerprint density at radius 3 is 2.39 bits per heavy atom. The number of benzene rings is 2. The van der Waals surface area contributed by atoms with Gasteiger partial charge in [0.1, 0.15) is 24.0 Å². The van der Waals surface area contributed by atoms with Crippen molar-refractivity contribution in [3.8, 4) is 22.4 Å². The van der Waals surface area contributed by atoms with E-state index in [4.69, 9.17) is 10.8 Å². The topological polar surface area (TPSA) is 130 Å². The van der Waals surface area contributed by atoms with Crippen molar-refractivity contribution in [3.05, 3.63) is 72.6 Å². The molecule has 9 nitrogen and oxygen atoms in total. The maximum absolute atomic E-state index is 12.6. The van der Waals surface area contributed by atoms with Crippen LogP contribution in [0, 0.1) is 0 Å². The van der Waals surface area contributed by atoms with Crippen LogP contribution in [0.25, 0.3) is 33.4 Å². The first kappa shape index (κ1) is 24.9. The Hall–Kier alpha value is -4.21. The van der Waals surface area contributed by atoms with E-state index in [0.29, 0.717) is 22.6 Å². The van der Waals surface area contributed by atoms with Crippen molar-refractivity contribution in [1.29, 1.82) is 0 Å². The number of fused-ring (bicyclic) bond motifs is 1. The van der Waals surface area contributed by atoms with Crippen LogP contribution >= 0.6 is 0 Å². The molecule has 0 fully saturated rings. The fraction of sp³-hybridized carbons (Fsp3) is 0.222. The molecule has 0 saturated carbocycles. The molecule has 0 saturated heterocycles. The molecular formula is C27H30N6O3. The lowest BCUT2D eigenvalue weighted by molar-refractivity contribution is 0.0767. The summed E-state index contributed by atoms with van der Waals surface area (Å²) in [5, 5.41) is 22.9. The Morgan fingerprint density at radius 1 is 1.14 bits per heavy atom. The number of aromatic nitrogens is 3. The van der Waals surface area contributed by atoms with Crippen molar-refractivity contribution in [3.63, 3.8) is 0 Å². The standard InChI is InChI=1S/C27H30N6O3/c1-16(2)26(35)31-20-11-9-18(10-12-20)23-21(22-24(28)29-15-30-25(22)33(23)4)17-5-7-19(8-6-17)27(36)32(3)13-14-34/h5-12,15,26,31,34-35H,1,13-14H2,2-4H3,(H2,28,29,30). The highest BCUT2D eigenvalue weighted by atomic mass is 16.3. The van der Waals surface area contributed by atoms with Crippen molar-refractivity contribution in [2.45, 2.75) is 13.2 Å². The van der Waals surface area contributed by atoms with Crippen LogP contribution in [-0.4, -0.2) is 62.0 Å². The summed E-state index contributed by atoms with van der Waals surface area (Å²) in [4.78, 5) is 22.8. The largest absolute Gasteiger partial charge is 0.395 e. The lowest BCUT2D eigenvalue weighted by Crippen LogP contribution is -2.29. The molecule has 0 spiro atoms. The summed E-state index contributed by atoms with van der Waals surface area (Å²) in [5.74, 6) is 0.194. The van der Waals surface area contributed by atoms with Gasteiger partial charge in [0.05, 0.1) is 17.7 Å². The SMILES string of the molecule is C=C(C)C(O)Nc1ccc(-c2c(-c3ccc(C(=O)N(C)CCO)cc3)c3c(N)ncnc3n2C)cc1. The molecule has 4 aromatic rings. The normalized spacial score (nSPS) is 11.9. The molecule has 2 aromatic heterocycles. The molecule has 0 bridgehead atoms. The van der Waals surface area contributed by atoms with Gasteiger partial charge in [0.2, 0.25) is 0 Å². The van der Waals surface area contributed by atoms with Gasteiger partial charge in [-0.05, 0) is 47.9 Å². The fourth-order valence-electron chi connectivity index (χ4n) is 4.15. The van der Waals surface area contributed by atoms with E-state index in [1.165, 1.54) is 11.2 Å². The number of aryl methyl sites for hydroxylation is 1. The van der Waals surface area contributed by atoms with Crippen LogP contribution in [0.1, 0.15) is 17.3 Å². The van der Waals surface area contributed by atoms with Gasteiger partial charge in [0, 0.05) is 37.5 Å². The van der Waals surface area contributed by atoms with Crippen molar-refractivity contribution >= 4 is 28.4 Å². The highest BCUT2D eigenvalue weighted by Crippen LogP contribution is 2.41. The Balaban J connectivity index is 1.81. The van der Waals surface area contributed by atoms with E-state index in [-0.39, 0.29) is 19.1 Å². The second-order valence-corrected chi connectivity index (χ2v) is 8.74. The lowest BCUT2D eigenvalue weighted by Gasteiger charge is -2.16. The van der Waals surface area contributed by atoms with Crippen LogP contribution in [-0.2, 0) is 7.05 Å². The van der Waals surface area contributed by atoms with E-state index in [1.807, 2.05) is 48.0 Å². The van der Waals surface area contributed by atoms with Gasteiger partial charge in [-0.3, -0.25) is 4.79 Å². The zero-order valence-corrected chi connectivity index (χ0v) is 20.6. The quantitative estimate of drug-likeness (QED) is 0.222. The van der Waals surface area contributed by atoms with Crippen LogP contribution in [0.15, 0.2) is 67.0 Å². The summed E-state index contributed by atoms with van der Waals surface area (Å²) in [6.07, 6.45) is 0.604. The third-order valence-electron chi connectivity index (χ3n) is 6.13. The van der Waals surface area contributed by atoms with E-state index >= 15 is 0 Å². The molecule has 0 aliphatic heterocycles. The van der Waals surface area contributed by atoms with E-state index < -0.39 is 6.23 Å². The summed E-state index contributed by atoms with van der Waals surface area (Å²) < 4.78 is 1.97. The van der Waals surface area contributed by atoms with Crippen LogP contribution in [0.4, 0.5) is 11.5 Å². The number of carbonyl (C=O) groups is 1. The lowest BCUT2D eigenvalue weighted by atomic mass is 9.97. The molecule has 36 heavy (non-hydrogen) atoms. The number of likely N-dealkylation sites (N-methyl/N-ethyl adjacent to an activating group) is 1. The minimum absolute atomic E-state index is 0.0978. The van der Waals surface area contributed by atoms with E-state index in [2.05, 4.69) is 21.9 Å². The van der Waals surface area contributed by atoms with E-state index in [1.54, 1.807) is 26.1 Å². The zero-order valence-electron chi connectivity index (χ0n) is 20.6. The molecule has 0 aliphatic rings. The number of nitrogen functional groups attached to an aromatic ring is 1. The number of aliphatic hydroxyl groups is 2. The molecule has 9 heteroatoms. The second kappa shape index (κ2) is 10.2. The fourth-order valence-corrected chi connectivity index (χ4v) is 4.15. The molecule has 1 unspecified atom stereocenters. The van der Waals surface area contributed by atoms with Crippen molar-refractivity contribution in [1.82, 2.24) is 19.4 Å². The molecule has 4 rings (SSSR count). The zero-order chi connectivity index (χ0) is 26.0. The average molecular weight is 487 g/mol. The smallest absolute Gasteiger partial charge is 0.253 e. The summed E-state index contributed by atoms with van der Waals surface area (Å²) >= 11 is 0. The van der Waals surface area contributed by atoms with Gasteiger partial charge in [-0.1, -0.05) is 30.8 Å². The number of aliphatic hydroxyl groups excluding tert-OH is 2. The summed E-state index contributed by atoms with van der Waals surface area (Å²) in [5.41, 5.74) is 12.4. The maximum atomic E-state index is 12.6. The van der Waals surface area contributed by atoms with Crippen LogP contribution in [0.3, 0.4) is 0 Å². The van der Waals surface area contributed by atoms with Gasteiger partial charge >= 0.3 is 0 Å². The number of anilines is 2. The van der Waals surface area contributed by atoms with E-state index in [9.17, 15) is 9.90 Å². The van der Waals surface area contributed by atoms with Crippen molar-refractivity contribution in [2.75, 3.05) is 31.2 Å². The van der Waals surface area contributed by atoms with Crippen LogP contribution < -0.4 is 11.1 Å². The molecule has 5 N–H and O–H groups in total. The molecular weight excluding hydrogens is 456 g/mol. The van der Waals surface area contributed by atoms with Gasteiger partial charge < -0.3 is 30.7 Å². The van der Waals surface area contributed by atoms with Gasteiger partial charge in [0.15, 0.2) is 0 Å². The Morgan fingerprint density at radius 2 is 1.78 bits per heavy atom. The monoisotopic (exact) mass is 486 g/mol. The summed E-state index contributed by atoms with van der Waals surface area (Å²) in [6, 6.07) is 15.0. The van der Waals surface area contributed by atoms with Gasteiger partial charge in [0.25, 0.3) is 5.91 Å². The maximum Gasteiger partial charge on any atom is 0.253 e. The predicted molar refractivity (Wildman–Crippen MR) is 142 cm³/mol. The number of carbonyl (C=O) groups excluding carboxylic acids is 1. The number of hydrogen-bond donors (Lipinski definition) is 4. The number of nitrogens with zero attached hydrogens (tertiary/aromatic N) is 4. The third-order valence-corrected chi connectivity index (χ3v) is 6.13. The Labute approximate surface area is 209 Å². The molecule has 0 radical (unpaired) electrons. The first-order valence-corrected chi connectivity index (χ1v) is 11.5. The Bertz CT molecular complexity index is 1410. The molecule has 1 atom stereocenters. The molecule has 186 valence electrons. The Kier molecular flexibility index (Phi) is 7.05. The minimum Gasteiger partial charge on any atom is -0.395 e. The van der Waals surface area contributed by atoms with E-state index in [0.717, 1.165) is 33.5 Å². The minimum atomic E-state index is -0.836. The molecule has 2 heterocycles. The number of rotatable bonds is 8. The molecule has 2 aromatic carbocycles. The van der Waals surface area contributed by atoms with Crippen molar-refractivity contribution < 1.29 is 15.0 Å². The number of nitrogens with two attached hydrogens (primary N) is 1. The molecule has 1 amide bonds. The average Bonchev–Trinajstić information content (AvgIpc) is 3.17. The van der Waals surface area contributed by atoms with Gasteiger partial charge in [-0.2, -0.15) is 0 Å². The number of amides is 1. The first-order valence-electron chi connectivity index (χ1n) is 11.5. The van der Waals surface area contributed by atoms with Crippen LogP contribution in [0.2, 0.25) is 0 Å². The number of hydrogen-bond acceptors (Lipinski definition) is 7. The third kappa shape index (κ3) is 4.66. The van der Waals surface area contributed by atoms with Crippen LogP contribution in [0.5, 0.6) is 0 Å². The first-order chi connectivity index (χ1) is 17.2. The summed E-state index contributed by atoms with van der Waals surface area (Å²) in [7, 11) is 3.58. The number of nitrogens with one attached hydrogen (secondary N) is 1. The van der Waals surface area contributed by atoms with Gasteiger partial charge in [-0.25, -0.2) is 9.97 Å². The van der Waals surface area contributed by atoms with Crippen molar-refractivity contribution in [2.24, 2.45) is 7.05 Å². The second-order valence-electron chi connectivity index (χ2n) is 8.74. The summed E-state index contributed by atoms with van der Waals surface area (Å²) in [6.45, 7) is 5.68. The van der Waals surface area contributed by atoms with Gasteiger partial charge in [-0.15, -0.1) is 0 Å².